The molecule has 6 heteroatoms. The Hall–Kier alpha value is -1.17. The Kier molecular flexibility index (Phi) is 9.33. The lowest BCUT2D eigenvalue weighted by Gasteiger charge is -2.16. The van der Waals surface area contributed by atoms with E-state index in [9.17, 15) is 9.59 Å². The van der Waals surface area contributed by atoms with Crippen LogP contribution in [0.1, 0.15) is 13.3 Å². The van der Waals surface area contributed by atoms with E-state index in [1.807, 2.05) is 6.26 Å². The van der Waals surface area contributed by atoms with Gasteiger partial charge in [0, 0.05) is 0 Å². The van der Waals surface area contributed by atoms with Crippen LogP contribution in [0.4, 0.5) is 4.79 Å². The Morgan fingerprint density at radius 3 is 2.71 bits per heavy atom. The largest absolute Gasteiger partial charge is 0.464 e. The molecule has 0 heterocycles. The Balaban J connectivity index is 4.21. The van der Waals surface area contributed by atoms with Crippen molar-refractivity contribution in [2.24, 2.45) is 0 Å². The predicted octanol–water partition coefficient (Wildman–Crippen LogP) is 1.58. The van der Waals surface area contributed by atoms with Crippen molar-refractivity contribution in [2.75, 3.05) is 25.2 Å². The van der Waals surface area contributed by atoms with Gasteiger partial charge in [0.2, 0.25) is 0 Å². The molecule has 0 aliphatic rings. The molecule has 0 rings (SSSR count). The van der Waals surface area contributed by atoms with Crippen molar-refractivity contribution in [2.45, 2.75) is 19.4 Å². The molecular formula is C11H19NO4S. The van der Waals surface area contributed by atoms with Crippen LogP contribution >= 0.6 is 11.8 Å². The zero-order valence-corrected chi connectivity index (χ0v) is 11.0. The maximum atomic E-state index is 11.5. The van der Waals surface area contributed by atoms with Gasteiger partial charge in [0.05, 0.1) is 6.61 Å². The summed E-state index contributed by atoms with van der Waals surface area (Å²) < 4.78 is 9.62. The summed E-state index contributed by atoms with van der Waals surface area (Å²) in [6.45, 7) is 5.55. The smallest absolute Gasteiger partial charge is 0.408 e. The molecule has 0 radical (unpaired) electrons. The number of amides is 1. The molecule has 1 atom stereocenters. The summed E-state index contributed by atoms with van der Waals surface area (Å²) >= 11 is 1.59. The lowest BCUT2D eigenvalue weighted by atomic mass is 10.2. The summed E-state index contributed by atoms with van der Waals surface area (Å²) in [7, 11) is 0. The quantitative estimate of drug-likeness (QED) is 0.531. The summed E-state index contributed by atoms with van der Waals surface area (Å²) in [6, 6.07) is -0.653. The number of alkyl carbamates (subject to hydrolysis) is 1. The fraction of sp³-hybridized carbons (Fsp3) is 0.636. The highest BCUT2D eigenvalue weighted by Crippen LogP contribution is 2.03. The highest BCUT2D eigenvalue weighted by molar-refractivity contribution is 7.98. The number of carbonyl (C=O) groups is 2. The third kappa shape index (κ3) is 7.68. The molecule has 98 valence electrons. The number of esters is 1. The first-order valence-corrected chi connectivity index (χ1v) is 6.74. The second-order valence-corrected chi connectivity index (χ2v) is 4.10. The van der Waals surface area contributed by atoms with Gasteiger partial charge in [0.25, 0.3) is 0 Å². The number of carbonyl (C=O) groups excluding carboxylic acids is 2. The van der Waals surface area contributed by atoms with Gasteiger partial charge in [-0.05, 0) is 25.4 Å². The second kappa shape index (κ2) is 10.0. The van der Waals surface area contributed by atoms with Crippen LogP contribution in [0.5, 0.6) is 0 Å². The van der Waals surface area contributed by atoms with Crippen molar-refractivity contribution in [3.05, 3.63) is 12.7 Å². The first-order valence-electron chi connectivity index (χ1n) is 5.35. The molecular weight excluding hydrogens is 242 g/mol. The molecule has 0 saturated heterocycles. The Morgan fingerprint density at radius 2 is 2.18 bits per heavy atom. The molecule has 1 N–H and O–H groups in total. The van der Waals surface area contributed by atoms with E-state index in [4.69, 9.17) is 9.47 Å². The first kappa shape index (κ1) is 15.8. The van der Waals surface area contributed by atoms with Crippen molar-refractivity contribution in [1.82, 2.24) is 5.32 Å². The van der Waals surface area contributed by atoms with E-state index in [1.54, 1.807) is 18.7 Å². The van der Waals surface area contributed by atoms with E-state index in [-0.39, 0.29) is 13.2 Å². The topological polar surface area (TPSA) is 64.6 Å². The SMILES string of the molecule is C=CCOC(=O)NC(CCSC)C(=O)OCC. The van der Waals surface area contributed by atoms with E-state index in [0.717, 1.165) is 5.75 Å². The molecule has 17 heavy (non-hydrogen) atoms. The number of ether oxygens (including phenoxy) is 2. The van der Waals surface area contributed by atoms with Gasteiger partial charge in [-0.15, -0.1) is 0 Å². The zero-order valence-electron chi connectivity index (χ0n) is 10.2. The normalized spacial score (nSPS) is 11.4. The average molecular weight is 261 g/mol. The standard InChI is InChI=1S/C11H19NO4S/c1-4-7-16-11(14)12-9(6-8-17-3)10(13)15-5-2/h4,9H,1,5-8H2,2-3H3,(H,12,14). The first-order chi connectivity index (χ1) is 8.15. The lowest BCUT2D eigenvalue weighted by molar-refractivity contribution is -0.145. The fourth-order valence-corrected chi connectivity index (χ4v) is 1.52. The molecule has 0 fully saturated rings. The molecule has 0 saturated carbocycles. The minimum Gasteiger partial charge on any atom is -0.464 e. The maximum absolute atomic E-state index is 11.5. The predicted molar refractivity (Wildman–Crippen MR) is 68.1 cm³/mol. The van der Waals surface area contributed by atoms with Crippen molar-refractivity contribution in [3.63, 3.8) is 0 Å². The lowest BCUT2D eigenvalue weighted by Crippen LogP contribution is -2.42. The van der Waals surface area contributed by atoms with E-state index < -0.39 is 18.1 Å². The van der Waals surface area contributed by atoms with E-state index >= 15 is 0 Å². The van der Waals surface area contributed by atoms with Crippen LogP contribution < -0.4 is 5.32 Å². The Morgan fingerprint density at radius 1 is 1.47 bits per heavy atom. The number of thioether (sulfide) groups is 1. The van der Waals surface area contributed by atoms with E-state index in [1.165, 1.54) is 6.08 Å². The number of nitrogens with one attached hydrogen (secondary N) is 1. The molecule has 0 spiro atoms. The molecule has 0 aromatic carbocycles. The molecule has 1 amide bonds. The fourth-order valence-electron chi connectivity index (χ4n) is 1.05. The van der Waals surface area contributed by atoms with Crippen LogP contribution in [-0.2, 0) is 14.3 Å². The summed E-state index contributed by atoms with van der Waals surface area (Å²) in [5.74, 6) is 0.322. The van der Waals surface area contributed by atoms with Gasteiger partial charge in [-0.2, -0.15) is 11.8 Å². The van der Waals surface area contributed by atoms with Crippen LogP contribution in [0, 0.1) is 0 Å². The maximum Gasteiger partial charge on any atom is 0.408 e. The number of hydrogen-bond donors (Lipinski definition) is 1. The minimum absolute atomic E-state index is 0.115. The second-order valence-electron chi connectivity index (χ2n) is 3.12. The molecule has 5 nitrogen and oxygen atoms in total. The van der Waals surface area contributed by atoms with Crippen molar-refractivity contribution < 1.29 is 19.1 Å². The minimum atomic E-state index is -0.653. The van der Waals surface area contributed by atoms with Gasteiger partial charge < -0.3 is 14.8 Å². The molecule has 0 bridgehead atoms. The molecule has 1 unspecified atom stereocenters. The summed E-state index contributed by atoms with van der Waals surface area (Å²) in [4.78, 5) is 22.8. The number of hydrogen-bond acceptors (Lipinski definition) is 5. The van der Waals surface area contributed by atoms with Crippen LogP contribution in [0.25, 0.3) is 0 Å². The van der Waals surface area contributed by atoms with E-state index in [0.29, 0.717) is 6.42 Å². The molecule has 0 aromatic heterocycles. The van der Waals surface area contributed by atoms with Gasteiger partial charge in [-0.1, -0.05) is 12.7 Å². The average Bonchev–Trinajstić information content (AvgIpc) is 2.32. The van der Waals surface area contributed by atoms with Crippen molar-refractivity contribution in [3.8, 4) is 0 Å². The highest BCUT2D eigenvalue weighted by atomic mass is 32.2. The Bertz CT molecular complexity index is 258. The monoisotopic (exact) mass is 261 g/mol. The van der Waals surface area contributed by atoms with Crippen LogP contribution in [0.3, 0.4) is 0 Å². The van der Waals surface area contributed by atoms with Gasteiger partial charge in [0.15, 0.2) is 0 Å². The molecule has 0 aliphatic carbocycles. The van der Waals surface area contributed by atoms with E-state index in [2.05, 4.69) is 11.9 Å². The van der Waals surface area contributed by atoms with Crippen LogP contribution in [0.2, 0.25) is 0 Å². The third-order valence-corrected chi connectivity index (χ3v) is 2.45. The highest BCUT2D eigenvalue weighted by Gasteiger charge is 2.21. The molecule has 0 aliphatic heterocycles. The van der Waals surface area contributed by atoms with Gasteiger partial charge >= 0.3 is 12.1 Å². The Labute approximate surface area is 106 Å². The number of rotatable bonds is 8. The third-order valence-electron chi connectivity index (χ3n) is 1.81. The summed E-state index contributed by atoms with van der Waals surface area (Å²) in [5, 5.41) is 2.47. The van der Waals surface area contributed by atoms with Crippen LogP contribution in [-0.4, -0.2) is 43.3 Å². The zero-order chi connectivity index (χ0) is 13.1. The summed E-state index contributed by atoms with van der Waals surface area (Å²) in [5.41, 5.74) is 0. The molecule has 0 aromatic rings. The summed E-state index contributed by atoms with van der Waals surface area (Å²) in [6.07, 6.45) is 3.27. The van der Waals surface area contributed by atoms with Crippen molar-refractivity contribution >= 4 is 23.8 Å². The van der Waals surface area contributed by atoms with Gasteiger partial charge in [-0.25, -0.2) is 9.59 Å². The van der Waals surface area contributed by atoms with Gasteiger partial charge in [0.1, 0.15) is 12.6 Å². The van der Waals surface area contributed by atoms with Crippen molar-refractivity contribution in [1.29, 1.82) is 0 Å². The van der Waals surface area contributed by atoms with Crippen LogP contribution in [0.15, 0.2) is 12.7 Å². The van der Waals surface area contributed by atoms with Gasteiger partial charge in [-0.3, -0.25) is 0 Å².